The van der Waals surface area contributed by atoms with Gasteiger partial charge in [-0.25, -0.2) is 0 Å². The number of carbonyl (C=O) groups is 1. The lowest BCUT2D eigenvalue weighted by Gasteiger charge is -2.17. The molecule has 0 aliphatic rings. The molecule has 2 aromatic carbocycles. The van der Waals surface area contributed by atoms with Gasteiger partial charge in [0, 0.05) is 24.2 Å². The fourth-order valence-electron chi connectivity index (χ4n) is 4.66. The number of aromatic nitrogens is 2. The Labute approximate surface area is 237 Å². The third kappa shape index (κ3) is 8.87. The maximum atomic E-state index is 11.2. The number of unbranched alkanes of at least 4 members (excludes halogenated alkanes) is 1. The van der Waals surface area contributed by atoms with Crippen molar-refractivity contribution in [2.45, 2.75) is 72.4 Å². The number of benzene rings is 2. The van der Waals surface area contributed by atoms with Gasteiger partial charge in [-0.15, -0.1) is 0 Å². The molecule has 40 heavy (non-hydrogen) atoms. The summed E-state index contributed by atoms with van der Waals surface area (Å²) in [4.78, 5) is 18.3. The van der Waals surface area contributed by atoms with Gasteiger partial charge in [0.2, 0.25) is 11.7 Å². The molecule has 9 heteroatoms. The Kier molecular flexibility index (Phi) is 12.1. The Morgan fingerprint density at radius 2 is 1.88 bits per heavy atom. The van der Waals surface area contributed by atoms with Gasteiger partial charge in [-0.05, 0) is 86.3 Å². The highest BCUT2D eigenvalue weighted by molar-refractivity contribution is 5.76. The van der Waals surface area contributed by atoms with Crippen LogP contribution >= 0.6 is 0 Å². The minimum Gasteiger partial charge on any atom is -0.490 e. The normalized spacial score (nSPS) is 12.1. The van der Waals surface area contributed by atoms with Crippen LogP contribution in [0.3, 0.4) is 0 Å². The molecule has 1 heterocycles. The molecule has 1 aromatic heterocycles. The SMILES string of the molecule is CCCCN(C)Cc1cc(CCC)cc(-c2nc(-c3cc(C)c(OC[C@@H](O)CNC(=O)CO)c(CC)c3)no2)c1. The summed E-state index contributed by atoms with van der Waals surface area (Å²) in [5.41, 5.74) is 6.10. The molecule has 218 valence electrons. The first kappa shape index (κ1) is 31.3. The fourth-order valence-corrected chi connectivity index (χ4v) is 4.66. The highest BCUT2D eigenvalue weighted by Crippen LogP contribution is 2.32. The highest BCUT2D eigenvalue weighted by atomic mass is 16.5. The highest BCUT2D eigenvalue weighted by Gasteiger charge is 2.17. The molecule has 0 aliphatic heterocycles. The van der Waals surface area contributed by atoms with E-state index < -0.39 is 18.6 Å². The fraction of sp³-hybridized carbons (Fsp3) is 0.516. The molecule has 9 nitrogen and oxygen atoms in total. The van der Waals surface area contributed by atoms with Crippen molar-refractivity contribution in [2.24, 2.45) is 0 Å². The molecule has 0 unspecified atom stereocenters. The molecule has 3 N–H and O–H groups in total. The van der Waals surface area contributed by atoms with Crippen molar-refractivity contribution in [3.8, 4) is 28.6 Å². The van der Waals surface area contributed by atoms with Crippen LogP contribution < -0.4 is 10.1 Å². The molecule has 0 fully saturated rings. The number of carbonyl (C=O) groups excluding carboxylic acids is 1. The zero-order chi connectivity index (χ0) is 29.1. The first-order chi connectivity index (χ1) is 19.3. The summed E-state index contributed by atoms with van der Waals surface area (Å²) in [7, 11) is 2.16. The summed E-state index contributed by atoms with van der Waals surface area (Å²) >= 11 is 0. The van der Waals surface area contributed by atoms with Crippen LogP contribution in [0.4, 0.5) is 0 Å². The summed E-state index contributed by atoms with van der Waals surface area (Å²) < 4.78 is 11.7. The number of hydrogen-bond acceptors (Lipinski definition) is 8. The number of hydrogen-bond donors (Lipinski definition) is 3. The van der Waals surface area contributed by atoms with Crippen LogP contribution in [0.2, 0.25) is 0 Å². The minimum absolute atomic E-state index is 0.000181. The van der Waals surface area contributed by atoms with Crippen molar-refractivity contribution < 1.29 is 24.3 Å². The number of ether oxygens (including phenoxy) is 1. The van der Waals surface area contributed by atoms with Crippen molar-refractivity contribution in [3.63, 3.8) is 0 Å². The predicted octanol–water partition coefficient (Wildman–Crippen LogP) is 4.31. The average molecular weight is 553 g/mol. The van der Waals surface area contributed by atoms with Gasteiger partial charge in [0.1, 0.15) is 25.1 Å². The molecule has 1 amide bonds. The number of aryl methyl sites for hydroxylation is 3. The Hall–Kier alpha value is -3.27. The second-order valence-corrected chi connectivity index (χ2v) is 10.4. The quantitative estimate of drug-likeness (QED) is 0.240. The van der Waals surface area contributed by atoms with E-state index in [0.29, 0.717) is 23.9 Å². The van der Waals surface area contributed by atoms with Crippen molar-refractivity contribution >= 4 is 5.91 Å². The van der Waals surface area contributed by atoms with Crippen molar-refractivity contribution in [1.29, 1.82) is 0 Å². The largest absolute Gasteiger partial charge is 0.490 e. The van der Waals surface area contributed by atoms with Gasteiger partial charge >= 0.3 is 0 Å². The number of aliphatic hydroxyl groups is 2. The molecule has 1 atom stereocenters. The Balaban J connectivity index is 1.80. The Morgan fingerprint density at radius 3 is 2.58 bits per heavy atom. The number of rotatable bonds is 16. The smallest absolute Gasteiger partial charge is 0.258 e. The molecular formula is C31H44N4O5. The maximum absolute atomic E-state index is 11.2. The zero-order valence-corrected chi connectivity index (χ0v) is 24.5. The van der Waals surface area contributed by atoms with Crippen LogP contribution in [0, 0.1) is 6.92 Å². The van der Waals surface area contributed by atoms with E-state index in [1.807, 2.05) is 26.0 Å². The second-order valence-electron chi connectivity index (χ2n) is 10.4. The van der Waals surface area contributed by atoms with E-state index in [0.717, 1.165) is 48.2 Å². The van der Waals surface area contributed by atoms with E-state index in [2.05, 4.69) is 54.5 Å². The third-order valence-corrected chi connectivity index (χ3v) is 6.70. The van der Waals surface area contributed by atoms with Crippen LogP contribution in [0.25, 0.3) is 22.8 Å². The lowest BCUT2D eigenvalue weighted by molar-refractivity contribution is -0.124. The van der Waals surface area contributed by atoms with Crippen molar-refractivity contribution in [3.05, 3.63) is 52.6 Å². The van der Waals surface area contributed by atoms with Gasteiger partial charge in [-0.1, -0.05) is 44.8 Å². The summed E-state index contributed by atoms with van der Waals surface area (Å²) in [5, 5.41) is 25.7. The monoisotopic (exact) mass is 552 g/mol. The first-order valence-corrected chi connectivity index (χ1v) is 14.3. The number of aliphatic hydroxyl groups excluding tert-OH is 2. The molecule has 3 aromatic rings. The predicted molar refractivity (Wildman–Crippen MR) is 156 cm³/mol. The van der Waals surface area contributed by atoms with Gasteiger partial charge in [0.25, 0.3) is 5.89 Å². The minimum atomic E-state index is -0.904. The van der Waals surface area contributed by atoms with Crippen LogP contribution in [-0.4, -0.2) is 70.6 Å². The topological polar surface area (TPSA) is 121 Å². The number of nitrogens with one attached hydrogen (secondary N) is 1. The molecule has 0 aliphatic carbocycles. The molecule has 0 saturated heterocycles. The van der Waals surface area contributed by atoms with E-state index in [4.69, 9.17) is 19.4 Å². The van der Waals surface area contributed by atoms with E-state index in [1.165, 1.54) is 24.0 Å². The summed E-state index contributed by atoms with van der Waals surface area (Å²) in [6.07, 6.45) is 4.21. The van der Waals surface area contributed by atoms with Crippen molar-refractivity contribution in [2.75, 3.05) is 33.4 Å². The molecule has 3 rings (SSSR count). The Morgan fingerprint density at radius 1 is 1.10 bits per heavy atom. The first-order valence-electron chi connectivity index (χ1n) is 14.3. The number of nitrogens with zero attached hydrogens (tertiary/aromatic N) is 3. The van der Waals surface area contributed by atoms with Crippen LogP contribution in [0.5, 0.6) is 5.75 Å². The zero-order valence-electron chi connectivity index (χ0n) is 24.5. The lowest BCUT2D eigenvalue weighted by Crippen LogP contribution is -2.36. The Bertz CT molecular complexity index is 1240. The van der Waals surface area contributed by atoms with E-state index in [1.54, 1.807) is 0 Å². The van der Waals surface area contributed by atoms with Gasteiger partial charge in [0.15, 0.2) is 0 Å². The van der Waals surface area contributed by atoms with Gasteiger partial charge in [-0.2, -0.15) is 4.98 Å². The summed E-state index contributed by atoms with van der Waals surface area (Å²) in [5.74, 6) is 1.15. The van der Waals surface area contributed by atoms with Crippen LogP contribution in [0.15, 0.2) is 34.9 Å². The van der Waals surface area contributed by atoms with E-state index in [9.17, 15) is 9.90 Å². The lowest BCUT2D eigenvalue weighted by atomic mass is 10.0. The van der Waals surface area contributed by atoms with Gasteiger partial charge < -0.3 is 29.7 Å². The van der Waals surface area contributed by atoms with Gasteiger partial charge in [0.05, 0.1) is 0 Å². The molecule has 0 radical (unpaired) electrons. The van der Waals surface area contributed by atoms with Gasteiger partial charge in [-0.3, -0.25) is 4.79 Å². The third-order valence-electron chi connectivity index (χ3n) is 6.70. The summed E-state index contributed by atoms with van der Waals surface area (Å²) in [6.45, 7) is 9.68. The number of amides is 1. The van der Waals surface area contributed by atoms with E-state index in [-0.39, 0.29) is 13.2 Å². The molecule has 0 spiro atoms. The standard InChI is InChI=1S/C31H44N4O5/c1-6-9-11-35(5)18-23-13-22(10-7-2)14-26(15-23)31-33-30(34-40-31)25-12-21(4)29(24(8-3)16-25)39-20-27(37)17-32-28(38)19-36/h12-16,27,36-37H,6-11,17-20H2,1-5H3,(H,32,38)/t27-/m0/s1. The second kappa shape index (κ2) is 15.5. The molecule has 0 saturated carbocycles. The molecular weight excluding hydrogens is 508 g/mol. The van der Waals surface area contributed by atoms with Crippen LogP contribution in [-0.2, 0) is 24.2 Å². The average Bonchev–Trinajstić information content (AvgIpc) is 3.44. The van der Waals surface area contributed by atoms with E-state index >= 15 is 0 Å². The summed E-state index contributed by atoms with van der Waals surface area (Å²) in [6, 6.07) is 10.5. The van der Waals surface area contributed by atoms with Crippen LogP contribution in [0.1, 0.15) is 62.3 Å². The van der Waals surface area contributed by atoms with Crippen molar-refractivity contribution in [1.82, 2.24) is 20.4 Å². The molecule has 0 bridgehead atoms. The maximum Gasteiger partial charge on any atom is 0.258 e.